The zero-order valence-electron chi connectivity index (χ0n) is 17.8. The third-order valence-electron chi connectivity index (χ3n) is 5.82. The number of hydrogen-bond acceptors (Lipinski definition) is 5. The van der Waals surface area contributed by atoms with Crippen molar-refractivity contribution < 1.29 is 4.79 Å². The number of carbonyl (C=O) groups excluding carboxylic acids is 1. The van der Waals surface area contributed by atoms with Gasteiger partial charge in [-0.1, -0.05) is 53.3 Å². The second kappa shape index (κ2) is 8.92. The Morgan fingerprint density at radius 2 is 1.97 bits per heavy atom. The number of aryl methyl sites for hydroxylation is 1. The largest absolute Gasteiger partial charge is 0.352 e. The first-order chi connectivity index (χ1) is 15.6. The van der Waals surface area contributed by atoms with Crippen LogP contribution in [0.25, 0.3) is 16.0 Å². The van der Waals surface area contributed by atoms with E-state index < -0.39 is 0 Å². The van der Waals surface area contributed by atoms with Crippen molar-refractivity contribution in [3.8, 4) is 5.69 Å². The Kier molecular flexibility index (Phi) is 5.85. The molecule has 0 radical (unpaired) electrons. The predicted molar refractivity (Wildman–Crippen MR) is 130 cm³/mol. The topological polar surface area (TPSA) is 63.1 Å². The molecule has 5 rings (SSSR count). The summed E-state index contributed by atoms with van der Waals surface area (Å²) in [5, 5.41) is 9.41. The van der Waals surface area contributed by atoms with E-state index >= 15 is 0 Å². The molecule has 32 heavy (non-hydrogen) atoms. The van der Waals surface area contributed by atoms with Crippen molar-refractivity contribution in [2.24, 2.45) is 5.92 Å². The molecule has 8 heteroatoms. The van der Waals surface area contributed by atoms with E-state index in [-0.39, 0.29) is 11.8 Å². The van der Waals surface area contributed by atoms with Crippen LogP contribution in [0.3, 0.4) is 0 Å². The SMILES string of the molecule is Cc1nn(-c2ccc(Cl)cc2)c2nc(N3CCC[C@H](C(=O)NCc4ccccc4)C3)sc12. The zero-order chi connectivity index (χ0) is 22.1. The van der Waals surface area contributed by atoms with Crippen LogP contribution in [-0.4, -0.2) is 33.8 Å². The normalized spacial score (nSPS) is 16.4. The van der Waals surface area contributed by atoms with Gasteiger partial charge in [0, 0.05) is 24.7 Å². The molecule has 164 valence electrons. The molecule has 1 fully saturated rings. The highest BCUT2D eigenvalue weighted by atomic mass is 35.5. The zero-order valence-corrected chi connectivity index (χ0v) is 19.4. The van der Waals surface area contributed by atoms with Gasteiger partial charge in [-0.05, 0) is 49.6 Å². The van der Waals surface area contributed by atoms with Gasteiger partial charge in [-0.25, -0.2) is 4.68 Å². The summed E-state index contributed by atoms with van der Waals surface area (Å²) in [5.41, 5.74) is 3.84. The molecule has 2 aromatic heterocycles. The molecule has 1 N–H and O–H groups in total. The van der Waals surface area contributed by atoms with Gasteiger partial charge >= 0.3 is 0 Å². The predicted octanol–water partition coefficient (Wildman–Crippen LogP) is 4.98. The summed E-state index contributed by atoms with van der Waals surface area (Å²) in [5.74, 6) is 0.0801. The third kappa shape index (κ3) is 4.23. The lowest BCUT2D eigenvalue weighted by Gasteiger charge is -2.31. The quantitative estimate of drug-likeness (QED) is 0.451. The maximum atomic E-state index is 12.8. The minimum absolute atomic E-state index is 0.0339. The van der Waals surface area contributed by atoms with Crippen LogP contribution < -0.4 is 10.2 Å². The van der Waals surface area contributed by atoms with Crippen LogP contribution in [0.2, 0.25) is 5.02 Å². The molecular formula is C24H24ClN5OS. The summed E-state index contributed by atoms with van der Waals surface area (Å²) >= 11 is 7.69. The molecule has 1 atom stereocenters. The fourth-order valence-corrected chi connectivity index (χ4v) is 5.26. The van der Waals surface area contributed by atoms with E-state index in [1.165, 1.54) is 0 Å². The molecule has 0 aliphatic carbocycles. The maximum absolute atomic E-state index is 12.8. The number of aromatic nitrogens is 3. The number of hydrogen-bond donors (Lipinski definition) is 1. The average molecular weight is 466 g/mol. The maximum Gasteiger partial charge on any atom is 0.225 e. The molecular weight excluding hydrogens is 442 g/mol. The minimum Gasteiger partial charge on any atom is -0.352 e. The lowest BCUT2D eigenvalue weighted by molar-refractivity contribution is -0.125. The second-order valence-electron chi connectivity index (χ2n) is 8.11. The van der Waals surface area contributed by atoms with Gasteiger partial charge in [0.25, 0.3) is 0 Å². The van der Waals surface area contributed by atoms with Gasteiger partial charge in [-0.2, -0.15) is 10.1 Å². The van der Waals surface area contributed by atoms with Crippen LogP contribution in [0.15, 0.2) is 54.6 Å². The second-order valence-corrected chi connectivity index (χ2v) is 9.53. The van der Waals surface area contributed by atoms with Crippen LogP contribution >= 0.6 is 22.9 Å². The minimum atomic E-state index is -0.0339. The summed E-state index contributed by atoms with van der Waals surface area (Å²) in [6, 6.07) is 17.6. The van der Waals surface area contributed by atoms with Crippen molar-refractivity contribution in [2.75, 3.05) is 18.0 Å². The van der Waals surface area contributed by atoms with E-state index in [0.29, 0.717) is 18.1 Å². The molecule has 1 saturated heterocycles. The van der Waals surface area contributed by atoms with Gasteiger partial charge < -0.3 is 10.2 Å². The Morgan fingerprint density at radius 1 is 1.19 bits per heavy atom. The Balaban J connectivity index is 1.33. The number of nitrogens with one attached hydrogen (secondary N) is 1. The van der Waals surface area contributed by atoms with E-state index in [4.69, 9.17) is 16.6 Å². The van der Waals surface area contributed by atoms with Crippen LogP contribution in [0.1, 0.15) is 24.1 Å². The van der Waals surface area contributed by atoms with Crippen molar-refractivity contribution in [2.45, 2.75) is 26.3 Å². The molecule has 1 aliphatic rings. The molecule has 0 unspecified atom stereocenters. The molecule has 1 amide bonds. The van der Waals surface area contributed by atoms with Gasteiger partial charge in [-0.3, -0.25) is 4.79 Å². The van der Waals surface area contributed by atoms with E-state index in [1.807, 2.05) is 66.2 Å². The van der Waals surface area contributed by atoms with Crippen LogP contribution in [0.4, 0.5) is 5.13 Å². The molecule has 6 nitrogen and oxygen atoms in total. The number of halogens is 1. The first-order valence-corrected chi connectivity index (χ1v) is 12.0. The lowest BCUT2D eigenvalue weighted by Crippen LogP contribution is -2.42. The number of nitrogens with zero attached hydrogens (tertiary/aromatic N) is 4. The Bertz CT molecular complexity index is 1230. The first kappa shape index (κ1) is 21.0. The Hall–Kier alpha value is -2.90. The monoisotopic (exact) mass is 465 g/mol. The van der Waals surface area contributed by atoms with Crippen molar-refractivity contribution in [3.05, 3.63) is 70.9 Å². The number of amides is 1. The number of carbonyl (C=O) groups is 1. The van der Waals surface area contributed by atoms with E-state index in [9.17, 15) is 4.79 Å². The van der Waals surface area contributed by atoms with Gasteiger partial charge in [0.2, 0.25) is 5.91 Å². The summed E-state index contributed by atoms with van der Waals surface area (Å²) in [4.78, 5) is 20.0. The highest BCUT2D eigenvalue weighted by Gasteiger charge is 2.28. The van der Waals surface area contributed by atoms with Crippen molar-refractivity contribution in [1.29, 1.82) is 0 Å². The highest BCUT2D eigenvalue weighted by molar-refractivity contribution is 7.22. The fourth-order valence-electron chi connectivity index (χ4n) is 4.11. The van der Waals surface area contributed by atoms with Gasteiger partial charge in [0.05, 0.1) is 22.0 Å². The Morgan fingerprint density at radius 3 is 2.75 bits per heavy atom. The number of fused-ring (bicyclic) bond motifs is 1. The van der Waals surface area contributed by atoms with E-state index in [1.54, 1.807) is 11.3 Å². The smallest absolute Gasteiger partial charge is 0.225 e. The number of thiazole rings is 1. The van der Waals surface area contributed by atoms with Crippen LogP contribution in [-0.2, 0) is 11.3 Å². The van der Waals surface area contributed by atoms with E-state index in [2.05, 4.69) is 15.3 Å². The molecule has 4 aromatic rings. The molecule has 0 bridgehead atoms. The van der Waals surface area contributed by atoms with Crippen molar-refractivity contribution in [1.82, 2.24) is 20.1 Å². The number of piperidine rings is 1. The van der Waals surface area contributed by atoms with Gasteiger partial charge in [0.15, 0.2) is 10.8 Å². The van der Waals surface area contributed by atoms with E-state index in [0.717, 1.165) is 51.8 Å². The van der Waals surface area contributed by atoms with Crippen molar-refractivity contribution in [3.63, 3.8) is 0 Å². The van der Waals surface area contributed by atoms with Gasteiger partial charge in [0.1, 0.15) is 0 Å². The summed E-state index contributed by atoms with van der Waals surface area (Å²) < 4.78 is 2.94. The molecule has 0 spiro atoms. The Labute approximate surface area is 195 Å². The first-order valence-electron chi connectivity index (χ1n) is 10.8. The van der Waals surface area contributed by atoms with Crippen molar-refractivity contribution >= 4 is 44.3 Å². The summed E-state index contributed by atoms with van der Waals surface area (Å²) in [6.07, 6.45) is 1.88. The average Bonchev–Trinajstić information content (AvgIpc) is 3.39. The fraction of sp³-hybridized carbons (Fsp3) is 0.292. The molecule has 2 aromatic carbocycles. The standard InChI is InChI=1S/C24H24ClN5OS/c1-16-21-22(30(28-16)20-11-9-19(25)10-12-20)27-24(32-21)29-13-5-8-18(15-29)23(31)26-14-17-6-3-2-4-7-17/h2-4,6-7,9-12,18H,5,8,13-15H2,1H3,(H,26,31)/t18-/m0/s1. The molecule has 1 aliphatic heterocycles. The van der Waals surface area contributed by atoms with Gasteiger partial charge in [-0.15, -0.1) is 0 Å². The third-order valence-corrected chi connectivity index (χ3v) is 7.29. The van der Waals surface area contributed by atoms with Crippen LogP contribution in [0.5, 0.6) is 0 Å². The van der Waals surface area contributed by atoms with Crippen LogP contribution in [0, 0.1) is 12.8 Å². The molecule has 3 heterocycles. The molecule has 0 saturated carbocycles. The number of rotatable bonds is 5. The summed E-state index contributed by atoms with van der Waals surface area (Å²) in [6.45, 7) is 4.16. The number of benzene rings is 2. The number of anilines is 1. The summed E-state index contributed by atoms with van der Waals surface area (Å²) in [7, 11) is 0. The lowest BCUT2D eigenvalue weighted by atomic mass is 9.97. The highest BCUT2D eigenvalue weighted by Crippen LogP contribution is 2.34.